The largest absolute Gasteiger partial charge is 0.369 e. The van der Waals surface area contributed by atoms with Crippen LogP contribution in [0, 0.1) is 6.92 Å². The number of para-hydroxylation sites is 1. The Morgan fingerprint density at radius 2 is 1.91 bits per heavy atom. The fourth-order valence-corrected chi connectivity index (χ4v) is 2.93. The lowest BCUT2D eigenvalue weighted by atomic mass is 10.1. The van der Waals surface area contributed by atoms with Crippen molar-refractivity contribution in [3.05, 3.63) is 59.7 Å². The van der Waals surface area contributed by atoms with E-state index in [0.29, 0.717) is 18.5 Å². The van der Waals surface area contributed by atoms with E-state index >= 15 is 0 Å². The third kappa shape index (κ3) is 5.79. The minimum atomic E-state index is -0.379. The topological polar surface area (TPSA) is 72.2 Å². The molecule has 0 fully saturated rings. The van der Waals surface area contributed by atoms with Crippen molar-refractivity contribution in [1.29, 1.82) is 0 Å². The number of nitrogens with two attached hydrogens (primary N) is 1. The summed E-state index contributed by atoms with van der Waals surface area (Å²) in [6.07, 6.45) is 1.11. The minimum Gasteiger partial charge on any atom is -0.369 e. The molecule has 2 amide bonds. The second-order valence-corrected chi connectivity index (χ2v) is 6.31. The number of thioether (sulfide) groups is 1. The first-order chi connectivity index (χ1) is 11.0. The molecular formula is C18H20N2O2S. The van der Waals surface area contributed by atoms with Crippen LogP contribution in [0.5, 0.6) is 0 Å². The maximum Gasteiger partial charge on any atom is 0.227 e. The first kappa shape index (κ1) is 17.1. The van der Waals surface area contributed by atoms with Gasteiger partial charge in [-0.05, 0) is 31.0 Å². The summed E-state index contributed by atoms with van der Waals surface area (Å²) in [5.41, 5.74) is 8.22. The molecule has 0 aliphatic heterocycles. The second kappa shape index (κ2) is 8.39. The lowest BCUT2D eigenvalue weighted by Crippen LogP contribution is -2.15. The van der Waals surface area contributed by atoms with E-state index in [1.807, 2.05) is 49.4 Å². The molecule has 0 unspecified atom stereocenters. The summed E-state index contributed by atoms with van der Waals surface area (Å²) in [5, 5.41) is 2.91. The van der Waals surface area contributed by atoms with Crippen molar-refractivity contribution in [3.8, 4) is 0 Å². The van der Waals surface area contributed by atoms with Gasteiger partial charge in [-0.2, -0.15) is 0 Å². The molecule has 0 heterocycles. The van der Waals surface area contributed by atoms with E-state index < -0.39 is 0 Å². The number of hydrogen-bond donors (Lipinski definition) is 2. The van der Waals surface area contributed by atoms with E-state index in [1.165, 1.54) is 17.3 Å². The molecule has 5 heteroatoms. The predicted molar refractivity (Wildman–Crippen MR) is 94.5 cm³/mol. The van der Waals surface area contributed by atoms with Gasteiger partial charge in [0.25, 0.3) is 0 Å². The van der Waals surface area contributed by atoms with Gasteiger partial charge in [0.05, 0.1) is 11.4 Å². The zero-order valence-corrected chi connectivity index (χ0v) is 13.9. The SMILES string of the molecule is Cc1cccc(CCC(=O)Nc2ccccc2SCC(N)=O)c1. The van der Waals surface area contributed by atoms with Crippen molar-refractivity contribution >= 4 is 29.3 Å². The standard InChI is InChI=1S/C18H20N2O2S/c1-13-5-4-6-14(11-13)9-10-18(22)20-15-7-2-3-8-16(15)23-12-17(19)21/h2-8,11H,9-10,12H2,1H3,(H2,19,21)(H,20,22). The molecule has 0 aromatic heterocycles. The summed E-state index contributed by atoms with van der Waals surface area (Å²) in [6.45, 7) is 2.04. The Balaban J connectivity index is 1.93. The molecule has 23 heavy (non-hydrogen) atoms. The van der Waals surface area contributed by atoms with Gasteiger partial charge in [-0.15, -0.1) is 11.8 Å². The highest BCUT2D eigenvalue weighted by atomic mass is 32.2. The zero-order valence-electron chi connectivity index (χ0n) is 13.0. The third-order valence-electron chi connectivity index (χ3n) is 3.25. The molecule has 2 rings (SSSR count). The molecule has 4 nitrogen and oxygen atoms in total. The first-order valence-electron chi connectivity index (χ1n) is 7.40. The van der Waals surface area contributed by atoms with Crippen LogP contribution in [0.25, 0.3) is 0 Å². The van der Waals surface area contributed by atoms with Crippen molar-refractivity contribution in [3.63, 3.8) is 0 Å². The van der Waals surface area contributed by atoms with Crippen molar-refractivity contribution in [2.24, 2.45) is 5.73 Å². The van der Waals surface area contributed by atoms with Crippen LogP contribution in [0.4, 0.5) is 5.69 Å². The molecule has 0 saturated heterocycles. The van der Waals surface area contributed by atoms with Crippen molar-refractivity contribution in [2.45, 2.75) is 24.7 Å². The number of carbonyl (C=O) groups is 2. The molecule has 0 saturated carbocycles. The van der Waals surface area contributed by atoms with Gasteiger partial charge >= 0.3 is 0 Å². The van der Waals surface area contributed by atoms with Crippen LogP contribution in [0.1, 0.15) is 17.5 Å². The monoisotopic (exact) mass is 328 g/mol. The summed E-state index contributed by atoms with van der Waals surface area (Å²) in [5.74, 6) is -0.231. The van der Waals surface area contributed by atoms with Crippen molar-refractivity contribution < 1.29 is 9.59 Å². The molecule has 0 radical (unpaired) electrons. The van der Waals surface area contributed by atoms with Gasteiger partial charge < -0.3 is 11.1 Å². The van der Waals surface area contributed by atoms with Gasteiger partial charge in [-0.3, -0.25) is 9.59 Å². The second-order valence-electron chi connectivity index (χ2n) is 5.29. The first-order valence-corrected chi connectivity index (χ1v) is 8.38. The number of amides is 2. The molecule has 0 aliphatic carbocycles. The zero-order chi connectivity index (χ0) is 16.7. The van der Waals surface area contributed by atoms with E-state index in [9.17, 15) is 9.59 Å². The Hall–Kier alpha value is -2.27. The Kier molecular flexibility index (Phi) is 6.23. The molecule has 0 spiro atoms. The number of hydrogen-bond acceptors (Lipinski definition) is 3. The highest BCUT2D eigenvalue weighted by Crippen LogP contribution is 2.26. The van der Waals surface area contributed by atoms with E-state index in [4.69, 9.17) is 5.73 Å². The number of anilines is 1. The van der Waals surface area contributed by atoms with Crippen LogP contribution in [0.15, 0.2) is 53.4 Å². The van der Waals surface area contributed by atoms with Crippen LogP contribution in [0.2, 0.25) is 0 Å². The van der Waals surface area contributed by atoms with Gasteiger partial charge in [0, 0.05) is 11.3 Å². The molecule has 2 aromatic carbocycles. The predicted octanol–water partition coefficient (Wildman–Crippen LogP) is 3.14. The normalized spacial score (nSPS) is 10.3. The molecule has 3 N–H and O–H groups in total. The minimum absolute atomic E-state index is 0.0429. The van der Waals surface area contributed by atoms with Gasteiger partial charge in [0.15, 0.2) is 0 Å². The number of rotatable bonds is 7. The maximum atomic E-state index is 12.1. The molecule has 0 bridgehead atoms. The molecule has 0 atom stereocenters. The van der Waals surface area contributed by atoms with E-state index in [1.54, 1.807) is 0 Å². The van der Waals surface area contributed by atoms with Crippen LogP contribution in [-0.4, -0.2) is 17.6 Å². The Morgan fingerprint density at radius 3 is 2.65 bits per heavy atom. The highest BCUT2D eigenvalue weighted by molar-refractivity contribution is 8.00. The molecule has 0 aliphatic rings. The van der Waals surface area contributed by atoms with Gasteiger partial charge in [-0.1, -0.05) is 42.0 Å². The van der Waals surface area contributed by atoms with Crippen LogP contribution in [0.3, 0.4) is 0 Å². The Labute approximate surface area is 140 Å². The number of benzene rings is 2. The van der Waals surface area contributed by atoms with Crippen molar-refractivity contribution in [2.75, 3.05) is 11.1 Å². The Bertz CT molecular complexity index is 701. The molecule has 2 aromatic rings. The lowest BCUT2D eigenvalue weighted by molar-refractivity contribution is -0.116. The average molecular weight is 328 g/mol. The average Bonchev–Trinajstić information content (AvgIpc) is 2.52. The third-order valence-corrected chi connectivity index (χ3v) is 4.35. The Morgan fingerprint density at radius 1 is 1.13 bits per heavy atom. The fraction of sp³-hybridized carbons (Fsp3) is 0.222. The van der Waals surface area contributed by atoms with Gasteiger partial charge in [0.1, 0.15) is 0 Å². The summed E-state index contributed by atoms with van der Waals surface area (Å²) in [4.78, 5) is 23.9. The number of nitrogens with one attached hydrogen (secondary N) is 1. The van der Waals surface area contributed by atoms with Crippen LogP contribution in [-0.2, 0) is 16.0 Å². The number of aryl methyl sites for hydroxylation is 2. The summed E-state index contributed by atoms with van der Waals surface area (Å²) < 4.78 is 0. The summed E-state index contributed by atoms with van der Waals surface area (Å²) in [6, 6.07) is 15.6. The lowest BCUT2D eigenvalue weighted by Gasteiger charge is -2.10. The van der Waals surface area contributed by atoms with Crippen LogP contribution >= 0.6 is 11.8 Å². The van der Waals surface area contributed by atoms with Crippen LogP contribution < -0.4 is 11.1 Å². The van der Waals surface area contributed by atoms with E-state index in [0.717, 1.165) is 10.5 Å². The van der Waals surface area contributed by atoms with Gasteiger partial charge in [-0.25, -0.2) is 0 Å². The molecular weight excluding hydrogens is 308 g/mol. The number of carbonyl (C=O) groups excluding carboxylic acids is 2. The fourth-order valence-electron chi connectivity index (χ4n) is 2.18. The quantitative estimate of drug-likeness (QED) is 0.767. The maximum absolute atomic E-state index is 12.1. The highest BCUT2D eigenvalue weighted by Gasteiger charge is 2.08. The smallest absolute Gasteiger partial charge is 0.227 e. The van der Waals surface area contributed by atoms with E-state index in [-0.39, 0.29) is 17.6 Å². The number of primary amides is 1. The van der Waals surface area contributed by atoms with Gasteiger partial charge in [0.2, 0.25) is 11.8 Å². The summed E-state index contributed by atoms with van der Waals surface area (Å²) >= 11 is 1.32. The van der Waals surface area contributed by atoms with Crippen molar-refractivity contribution in [1.82, 2.24) is 0 Å². The molecule has 120 valence electrons. The summed E-state index contributed by atoms with van der Waals surface area (Å²) in [7, 11) is 0. The van der Waals surface area contributed by atoms with E-state index in [2.05, 4.69) is 11.4 Å².